The first-order chi connectivity index (χ1) is 17.6. The van der Waals surface area contributed by atoms with Crippen molar-refractivity contribution in [2.24, 2.45) is 0 Å². The number of carbonyl (C=O) groups excluding carboxylic acids is 3. The number of para-hydroxylation sites is 1. The van der Waals surface area contributed by atoms with E-state index < -0.39 is 23.2 Å². The molecule has 2 saturated heterocycles. The van der Waals surface area contributed by atoms with E-state index in [1.54, 1.807) is 4.90 Å². The zero-order valence-electron chi connectivity index (χ0n) is 20.5. The van der Waals surface area contributed by atoms with Gasteiger partial charge in [0, 0.05) is 32.4 Å². The molecule has 198 valence electrons. The smallest absolute Gasteiger partial charge is 0.375 e. The first-order valence-electron chi connectivity index (χ1n) is 12.0. The van der Waals surface area contributed by atoms with E-state index in [1.807, 2.05) is 35.2 Å². The number of anilines is 1. The van der Waals surface area contributed by atoms with E-state index >= 15 is 0 Å². The summed E-state index contributed by atoms with van der Waals surface area (Å²) in [5.74, 6) is -0.812. The highest BCUT2D eigenvalue weighted by Crippen LogP contribution is 2.39. The molecular formula is C26H29F3N4O4. The number of ether oxygens (including phenoxy) is 1. The van der Waals surface area contributed by atoms with Gasteiger partial charge in [-0.1, -0.05) is 30.3 Å². The maximum atomic E-state index is 13.7. The number of nitrogens with one attached hydrogen (secondary N) is 1. The molecule has 0 bridgehead atoms. The number of halogens is 3. The lowest BCUT2D eigenvalue weighted by atomic mass is 9.85. The van der Waals surface area contributed by atoms with Crippen LogP contribution in [0.1, 0.15) is 24.0 Å². The predicted molar refractivity (Wildman–Crippen MR) is 129 cm³/mol. The minimum absolute atomic E-state index is 0.0263. The van der Waals surface area contributed by atoms with Gasteiger partial charge < -0.3 is 24.8 Å². The summed E-state index contributed by atoms with van der Waals surface area (Å²) in [6, 6.07) is 14.2. The fourth-order valence-corrected chi connectivity index (χ4v) is 4.95. The fourth-order valence-electron chi connectivity index (χ4n) is 4.95. The van der Waals surface area contributed by atoms with Crippen molar-refractivity contribution in [1.82, 2.24) is 15.1 Å². The van der Waals surface area contributed by atoms with Gasteiger partial charge in [0.15, 0.2) is 0 Å². The first-order valence-corrected chi connectivity index (χ1v) is 12.0. The average Bonchev–Trinajstić information content (AvgIpc) is 3.14. The van der Waals surface area contributed by atoms with Crippen LogP contribution in [0.2, 0.25) is 0 Å². The molecule has 11 heteroatoms. The van der Waals surface area contributed by atoms with E-state index in [0.29, 0.717) is 31.5 Å². The number of nitrogens with zero attached hydrogens (tertiary/aromatic N) is 3. The molecule has 2 aromatic rings. The molecule has 0 aliphatic carbocycles. The number of hydrogen-bond donors (Lipinski definition) is 1. The molecule has 0 radical (unpaired) electrons. The number of piperidine rings is 1. The number of carbonyl (C=O) groups is 3. The number of alkyl halides is 3. The molecule has 0 saturated carbocycles. The van der Waals surface area contributed by atoms with Crippen LogP contribution in [0.25, 0.3) is 0 Å². The number of likely N-dealkylation sites (tertiary alicyclic amines) is 1. The Morgan fingerprint density at radius 3 is 2.41 bits per heavy atom. The van der Waals surface area contributed by atoms with Crippen LogP contribution in [0.4, 0.5) is 18.9 Å². The van der Waals surface area contributed by atoms with Crippen molar-refractivity contribution in [2.45, 2.75) is 31.1 Å². The minimum Gasteiger partial charge on any atom is -0.375 e. The summed E-state index contributed by atoms with van der Waals surface area (Å²) in [4.78, 5) is 43.8. The Balaban J connectivity index is 1.45. The van der Waals surface area contributed by atoms with Gasteiger partial charge in [0.1, 0.15) is 18.7 Å². The van der Waals surface area contributed by atoms with Gasteiger partial charge >= 0.3 is 6.18 Å². The standard InChI is InChI=1S/C26H29F3N4O4/c1-37-17-23(35)31-12-10-25(11-13-31)24(36)32(18-33(25)21-8-3-2-4-9-21)16-22(34)30-15-19-6-5-7-20(14-19)26(27,28)29/h2-9,14H,10-13,15-18H2,1H3,(H,30,34). The molecule has 0 unspecified atom stereocenters. The van der Waals surface area contributed by atoms with Crippen LogP contribution in [-0.4, -0.2) is 73.1 Å². The van der Waals surface area contributed by atoms with Gasteiger partial charge in [-0.15, -0.1) is 0 Å². The topological polar surface area (TPSA) is 82.2 Å². The Morgan fingerprint density at radius 1 is 1.05 bits per heavy atom. The van der Waals surface area contributed by atoms with Crippen molar-refractivity contribution < 1.29 is 32.3 Å². The SMILES string of the molecule is COCC(=O)N1CCC2(CC1)C(=O)N(CC(=O)NCc1cccc(C(F)(F)F)c1)CN2c1ccccc1. The van der Waals surface area contributed by atoms with Gasteiger partial charge in [-0.2, -0.15) is 13.2 Å². The van der Waals surface area contributed by atoms with Crippen molar-refractivity contribution in [3.05, 3.63) is 65.7 Å². The van der Waals surface area contributed by atoms with Gasteiger partial charge in [-0.25, -0.2) is 0 Å². The molecule has 37 heavy (non-hydrogen) atoms. The van der Waals surface area contributed by atoms with E-state index in [4.69, 9.17) is 4.74 Å². The third kappa shape index (κ3) is 5.71. The van der Waals surface area contributed by atoms with Crippen LogP contribution in [-0.2, 0) is 31.8 Å². The summed E-state index contributed by atoms with van der Waals surface area (Å²) < 4.78 is 43.9. The summed E-state index contributed by atoms with van der Waals surface area (Å²) >= 11 is 0. The Morgan fingerprint density at radius 2 is 1.76 bits per heavy atom. The molecule has 4 rings (SSSR count). The molecule has 8 nitrogen and oxygen atoms in total. The number of rotatable bonds is 7. The lowest BCUT2D eigenvalue weighted by Gasteiger charge is -2.43. The summed E-state index contributed by atoms with van der Waals surface area (Å²) in [6.45, 7) is 0.608. The molecule has 2 aliphatic rings. The van der Waals surface area contributed by atoms with Crippen molar-refractivity contribution in [3.63, 3.8) is 0 Å². The van der Waals surface area contributed by atoms with Crippen molar-refractivity contribution >= 4 is 23.4 Å². The maximum Gasteiger partial charge on any atom is 0.416 e. The third-order valence-corrected chi connectivity index (χ3v) is 6.87. The summed E-state index contributed by atoms with van der Waals surface area (Å²) in [5.41, 5.74) is -0.539. The van der Waals surface area contributed by atoms with Gasteiger partial charge in [-0.05, 0) is 42.7 Å². The van der Waals surface area contributed by atoms with Crippen molar-refractivity contribution in [1.29, 1.82) is 0 Å². The molecule has 2 fully saturated rings. The van der Waals surface area contributed by atoms with E-state index in [2.05, 4.69) is 5.32 Å². The molecule has 0 aromatic heterocycles. The number of methoxy groups -OCH3 is 1. The lowest BCUT2D eigenvalue weighted by molar-refractivity contribution is -0.141. The van der Waals surface area contributed by atoms with Gasteiger partial charge in [0.05, 0.1) is 12.2 Å². The Hall–Kier alpha value is -3.60. The monoisotopic (exact) mass is 518 g/mol. The molecule has 2 heterocycles. The quantitative estimate of drug-likeness (QED) is 0.610. The molecule has 1 spiro atoms. The van der Waals surface area contributed by atoms with Crippen LogP contribution in [0.3, 0.4) is 0 Å². The summed E-state index contributed by atoms with van der Waals surface area (Å²) in [7, 11) is 1.46. The van der Waals surface area contributed by atoms with Crippen LogP contribution in [0.5, 0.6) is 0 Å². The number of benzene rings is 2. The summed E-state index contributed by atoms with van der Waals surface area (Å²) in [6.07, 6.45) is -3.67. The Kier molecular flexibility index (Phi) is 7.72. The zero-order valence-corrected chi connectivity index (χ0v) is 20.5. The third-order valence-electron chi connectivity index (χ3n) is 6.87. The predicted octanol–water partition coefficient (Wildman–Crippen LogP) is 2.64. The highest BCUT2D eigenvalue weighted by Gasteiger charge is 2.54. The molecule has 1 N–H and O–H groups in total. The van der Waals surface area contributed by atoms with Gasteiger partial charge in [-0.3, -0.25) is 14.4 Å². The van der Waals surface area contributed by atoms with Crippen molar-refractivity contribution in [3.8, 4) is 0 Å². The van der Waals surface area contributed by atoms with Crippen LogP contribution in [0.15, 0.2) is 54.6 Å². The highest BCUT2D eigenvalue weighted by atomic mass is 19.4. The lowest BCUT2D eigenvalue weighted by Crippen LogP contribution is -2.57. The van der Waals surface area contributed by atoms with Crippen LogP contribution < -0.4 is 10.2 Å². The van der Waals surface area contributed by atoms with Crippen molar-refractivity contribution in [2.75, 3.05) is 44.9 Å². The Labute approximate surface area is 213 Å². The van der Waals surface area contributed by atoms with Crippen LogP contribution in [0, 0.1) is 0 Å². The van der Waals surface area contributed by atoms with E-state index in [9.17, 15) is 27.6 Å². The van der Waals surface area contributed by atoms with E-state index in [0.717, 1.165) is 17.8 Å². The molecule has 2 aliphatic heterocycles. The number of hydrogen-bond acceptors (Lipinski definition) is 5. The highest BCUT2D eigenvalue weighted by molar-refractivity contribution is 5.96. The average molecular weight is 519 g/mol. The number of amides is 3. The van der Waals surface area contributed by atoms with E-state index in [1.165, 1.54) is 24.1 Å². The largest absolute Gasteiger partial charge is 0.416 e. The maximum absolute atomic E-state index is 13.7. The molecule has 3 amide bonds. The summed E-state index contributed by atoms with van der Waals surface area (Å²) in [5, 5.41) is 2.62. The zero-order chi connectivity index (χ0) is 26.6. The van der Waals surface area contributed by atoms with Crippen LogP contribution >= 0.6 is 0 Å². The second kappa shape index (κ2) is 10.8. The molecular weight excluding hydrogens is 489 g/mol. The fraction of sp³-hybridized carbons (Fsp3) is 0.423. The van der Waals surface area contributed by atoms with Gasteiger partial charge in [0.25, 0.3) is 5.91 Å². The minimum atomic E-state index is -4.47. The molecule has 2 aromatic carbocycles. The van der Waals surface area contributed by atoms with Gasteiger partial charge in [0.2, 0.25) is 11.8 Å². The second-order valence-corrected chi connectivity index (χ2v) is 9.23. The molecule has 0 atom stereocenters. The second-order valence-electron chi connectivity index (χ2n) is 9.23. The normalized spacial score (nSPS) is 17.4. The first kappa shape index (κ1) is 26.5. The van der Waals surface area contributed by atoms with E-state index in [-0.39, 0.29) is 38.2 Å². The Bertz CT molecular complexity index is 1130.